The van der Waals surface area contributed by atoms with Gasteiger partial charge in [-0.1, -0.05) is 23.8 Å². The molecule has 8 heteroatoms. The first-order valence-electron chi connectivity index (χ1n) is 7.91. The van der Waals surface area contributed by atoms with Crippen molar-refractivity contribution in [3.63, 3.8) is 0 Å². The second kappa shape index (κ2) is 7.57. The van der Waals surface area contributed by atoms with Crippen LogP contribution in [0.3, 0.4) is 0 Å². The zero-order valence-electron chi connectivity index (χ0n) is 13.9. The maximum absolute atomic E-state index is 13.2. The molecule has 0 fully saturated rings. The lowest BCUT2D eigenvalue weighted by Crippen LogP contribution is -2.15. The zero-order valence-corrected chi connectivity index (χ0v) is 14.7. The second-order valence-electron chi connectivity index (χ2n) is 5.80. The molecule has 0 saturated carbocycles. The van der Waals surface area contributed by atoms with Crippen LogP contribution in [0.5, 0.6) is 0 Å². The fraction of sp³-hybridized carbons (Fsp3) is 0.167. The van der Waals surface area contributed by atoms with Gasteiger partial charge in [0.2, 0.25) is 5.91 Å². The molecule has 26 heavy (non-hydrogen) atoms. The van der Waals surface area contributed by atoms with Gasteiger partial charge < -0.3 is 5.32 Å². The van der Waals surface area contributed by atoms with E-state index in [2.05, 4.69) is 15.5 Å². The van der Waals surface area contributed by atoms with Crippen LogP contribution >= 0.6 is 12.2 Å². The van der Waals surface area contributed by atoms with Crippen molar-refractivity contribution in [1.29, 1.82) is 0 Å². The van der Waals surface area contributed by atoms with Crippen LogP contribution < -0.4 is 5.32 Å². The topological polar surface area (TPSA) is 62.7 Å². The number of H-pyrrole nitrogens is 1. The van der Waals surface area contributed by atoms with Crippen molar-refractivity contribution >= 4 is 23.8 Å². The molecule has 1 amide bonds. The number of nitrogens with zero attached hydrogens (tertiary/aromatic N) is 2. The van der Waals surface area contributed by atoms with Gasteiger partial charge in [-0.15, -0.1) is 0 Å². The molecule has 3 aromatic rings. The molecule has 3 rings (SSSR count). The zero-order chi connectivity index (χ0) is 18.7. The summed E-state index contributed by atoms with van der Waals surface area (Å²) in [6.07, 6.45) is 0.103. The Labute approximate surface area is 153 Å². The molecule has 5 nitrogen and oxygen atoms in total. The van der Waals surface area contributed by atoms with Crippen molar-refractivity contribution in [3.8, 4) is 11.4 Å². The van der Waals surface area contributed by atoms with Gasteiger partial charge in [-0.3, -0.25) is 14.5 Å². The van der Waals surface area contributed by atoms with E-state index < -0.39 is 11.6 Å². The lowest BCUT2D eigenvalue weighted by atomic mass is 10.1. The first-order valence-corrected chi connectivity index (χ1v) is 8.32. The van der Waals surface area contributed by atoms with E-state index in [1.165, 1.54) is 6.07 Å². The maximum atomic E-state index is 13.2. The van der Waals surface area contributed by atoms with Crippen LogP contribution in [0.25, 0.3) is 11.4 Å². The summed E-state index contributed by atoms with van der Waals surface area (Å²) in [7, 11) is 0. The number of halogens is 2. The van der Waals surface area contributed by atoms with Gasteiger partial charge >= 0.3 is 0 Å². The van der Waals surface area contributed by atoms with E-state index in [-0.39, 0.29) is 18.0 Å². The summed E-state index contributed by atoms with van der Waals surface area (Å²) in [5, 5.41) is 9.50. The summed E-state index contributed by atoms with van der Waals surface area (Å²) in [6.45, 7) is 2.28. The predicted molar refractivity (Wildman–Crippen MR) is 97.2 cm³/mol. The van der Waals surface area contributed by atoms with Gasteiger partial charge in [0.1, 0.15) is 0 Å². The molecule has 2 N–H and O–H groups in total. The number of carbonyl (C=O) groups is 1. The van der Waals surface area contributed by atoms with Gasteiger partial charge in [-0.2, -0.15) is 5.10 Å². The number of hydrogen-bond donors (Lipinski definition) is 2. The molecule has 0 saturated heterocycles. The number of amides is 1. The summed E-state index contributed by atoms with van der Waals surface area (Å²) >= 11 is 5.24. The fourth-order valence-corrected chi connectivity index (χ4v) is 2.76. The second-order valence-corrected chi connectivity index (χ2v) is 6.19. The number of nitrogens with one attached hydrogen (secondary N) is 2. The molecule has 0 atom stereocenters. The minimum atomic E-state index is -1.01. The smallest absolute Gasteiger partial charge is 0.226 e. The highest BCUT2D eigenvalue weighted by molar-refractivity contribution is 7.71. The molecular weight excluding hydrogens is 358 g/mol. The molecule has 0 bridgehead atoms. The van der Waals surface area contributed by atoms with Crippen LogP contribution in [0.1, 0.15) is 12.0 Å². The lowest BCUT2D eigenvalue weighted by Gasteiger charge is -2.09. The van der Waals surface area contributed by atoms with Crippen molar-refractivity contribution < 1.29 is 13.6 Å². The maximum Gasteiger partial charge on any atom is 0.226 e. The number of hydrogen-bond acceptors (Lipinski definition) is 3. The predicted octanol–water partition coefficient (Wildman–Crippen LogP) is 4.22. The van der Waals surface area contributed by atoms with Crippen LogP contribution in [0, 0.1) is 23.3 Å². The van der Waals surface area contributed by atoms with Crippen molar-refractivity contribution in [2.75, 3.05) is 5.32 Å². The Hall–Kier alpha value is -2.87. The summed E-state index contributed by atoms with van der Waals surface area (Å²) in [4.78, 5) is 12.1. The van der Waals surface area contributed by atoms with E-state index in [9.17, 15) is 13.6 Å². The quantitative estimate of drug-likeness (QED) is 0.657. The minimum absolute atomic E-state index is 0.103. The summed E-state index contributed by atoms with van der Waals surface area (Å²) in [5.74, 6) is -1.68. The van der Waals surface area contributed by atoms with Gasteiger partial charge in [-0.25, -0.2) is 8.78 Å². The van der Waals surface area contributed by atoms with E-state index in [1.807, 2.05) is 31.2 Å². The van der Waals surface area contributed by atoms with E-state index >= 15 is 0 Å². The molecule has 2 aromatic carbocycles. The Morgan fingerprint density at radius 3 is 2.77 bits per heavy atom. The summed E-state index contributed by atoms with van der Waals surface area (Å²) in [5.41, 5.74) is 2.17. The molecule has 0 aliphatic heterocycles. The molecule has 0 radical (unpaired) electrons. The van der Waals surface area contributed by atoms with Gasteiger partial charge in [0.25, 0.3) is 0 Å². The van der Waals surface area contributed by atoms with Crippen molar-refractivity contribution in [3.05, 3.63) is 64.4 Å². The monoisotopic (exact) mass is 374 g/mol. The number of aromatic amines is 1. The normalized spacial score (nSPS) is 10.7. The fourth-order valence-electron chi connectivity index (χ4n) is 2.54. The third-order valence-corrected chi connectivity index (χ3v) is 4.11. The van der Waals surface area contributed by atoms with Crippen molar-refractivity contribution in [2.45, 2.75) is 19.9 Å². The van der Waals surface area contributed by atoms with E-state index in [1.54, 1.807) is 4.57 Å². The van der Waals surface area contributed by atoms with Crippen LogP contribution in [-0.2, 0) is 11.3 Å². The third kappa shape index (κ3) is 4.02. The SMILES string of the molecule is Cc1cccc(-c2n[nH]c(=S)n2CCC(=O)Nc2ccc(F)c(F)c2)c1. The highest BCUT2D eigenvalue weighted by atomic mass is 32.1. The number of aromatic nitrogens is 3. The van der Waals surface area contributed by atoms with Gasteiger partial charge in [-0.05, 0) is 37.3 Å². The molecule has 134 valence electrons. The van der Waals surface area contributed by atoms with E-state index in [4.69, 9.17) is 12.2 Å². The van der Waals surface area contributed by atoms with Crippen molar-refractivity contribution in [1.82, 2.24) is 14.8 Å². The largest absolute Gasteiger partial charge is 0.326 e. The van der Waals surface area contributed by atoms with Crippen molar-refractivity contribution in [2.24, 2.45) is 0 Å². The average Bonchev–Trinajstić information content (AvgIpc) is 2.97. The van der Waals surface area contributed by atoms with Gasteiger partial charge in [0.15, 0.2) is 22.2 Å². The number of anilines is 1. The van der Waals surface area contributed by atoms with Crippen LogP contribution in [-0.4, -0.2) is 20.7 Å². The molecule has 0 unspecified atom stereocenters. The summed E-state index contributed by atoms with van der Waals surface area (Å²) in [6, 6.07) is 11.0. The van der Waals surface area contributed by atoms with E-state index in [0.29, 0.717) is 17.1 Å². The first-order chi connectivity index (χ1) is 12.4. The number of carbonyl (C=O) groups excluding carboxylic acids is 1. The number of aryl methyl sites for hydroxylation is 1. The third-order valence-electron chi connectivity index (χ3n) is 3.80. The van der Waals surface area contributed by atoms with Crippen LogP contribution in [0.2, 0.25) is 0 Å². The number of benzene rings is 2. The standard InChI is InChI=1S/C18H16F2N4OS/c1-11-3-2-4-12(9-11)17-22-23-18(26)24(17)8-7-16(25)21-13-5-6-14(19)15(20)10-13/h2-6,9-10H,7-8H2,1H3,(H,21,25)(H,23,26). The molecular formula is C18H16F2N4OS. The Balaban J connectivity index is 1.72. The minimum Gasteiger partial charge on any atom is -0.326 e. The molecule has 1 heterocycles. The summed E-state index contributed by atoms with van der Waals surface area (Å²) < 4.78 is 28.3. The average molecular weight is 374 g/mol. The number of rotatable bonds is 5. The van der Waals surface area contributed by atoms with Gasteiger partial charge in [0, 0.05) is 30.3 Å². The first kappa shape index (κ1) is 17.9. The Morgan fingerprint density at radius 1 is 1.23 bits per heavy atom. The Morgan fingerprint density at radius 2 is 2.04 bits per heavy atom. The molecule has 0 aliphatic carbocycles. The van der Waals surface area contributed by atoms with E-state index in [0.717, 1.165) is 23.3 Å². The van der Waals surface area contributed by atoms with Crippen LogP contribution in [0.15, 0.2) is 42.5 Å². The lowest BCUT2D eigenvalue weighted by molar-refractivity contribution is -0.116. The molecule has 1 aromatic heterocycles. The van der Waals surface area contributed by atoms with Crippen LogP contribution in [0.4, 0.5) is 14.5 Å². The Bertz CT molecular complexity index is 1010. The Kier molecular flexibility index (Phi) is 5.22. The molecule has 0 aliphatic rings. The van der Waals surface area contributed by atoms with Gasteiger partial charge in [0.05, 0.1) is 0 Å². The molecule has 0 spiro atoms. The highest BCUT2D eigenvalue weighted by Gasteiger charge is 2.12. The highest BCUT2D eigenvalue weighted by Crippen LogP contribution is 2.19.